The van der Waals surface area contributed by atoms with Gasteiger partial charge in [-0.1, -0.05) is 12.1 Å². The fraction of sp³-hybridized carbons (Fsp3) is 0.273. The lowest BCUT2D eigenvalue weighted by atomic mass is 10.2. The van der Waals surface area contributed by atoms with Crippen molar-refractivity contribution >= 4 is 12.2 Å². The molecule has 0 aliphatic heterocycles. The number of rotatable bonds is 4. The molecule has 2 rings (SSSR count). The Morgan fingerprint density at radius 3 is 3.06 bits per heavy atom. The summed E-state index contributed by atoms with van der Waals surface area (Å²) in [4.78, 5) is 0. The van der Waals surface area contributed by atoms with Gasteiger partial charge < -0.3 is 9.84 Å². The number of benzene rings is 1. The summed E-state index contributed by atoms with van der Waals surface area (Å²) in [5.74, 6) is 0.490. The van der Waals surface area contributed by atoms with Crippen LogP contribution < -0.4 is 0 Å². The van der Waals surface area contributed by atoms with Crippen molar-refractivity contribution in [1.29, 1.82) is 0 Å². The zero-order valence-corrected chi connectivity index (χ0v) is 10.2. The molecule has 0 aliphatic rings. The average Bonchev–Trinajstić information content (AvgIpc) is 2.71. The van der Waals surface area contributed by atoms with Gasteiger partial charge in [0.15, 0.2) is 10.6 Å². The van der Waals surface area contributed by atoms with Crippen LogP contribution in [0.2, 0.25) is 0 Å². The molecule has 1 heterocycles. The predicted molar refractivity (Wildman–Crippen MR) is 65.4 cm³/mol. The van der Waals surface area contributed by atoms with E-state index in [-0.39, 0.29) is 6.61 Å². The van der Waals surface area contributed by atoms with E-state index in [2.05, 4.69) is 10.2 Å². The number of nitrogens with one attached hydrogen (secondary N) is 1. The lowest BCUT2D eigenvalue weighted by Crippen LogP contribution is -2.02. The fourth-order valence-corrected chi connectivity index (χ4v) is 1.91. The van der Waals surface area contributed by atoms with E-state index < -0.39 is 0 Å². The third-order valence-corrected chi connectivity index (χ3v) is 2.64. The van der Waals surface area contributed by atoms with Crippen LogP contribution in [0.1, 0.15) is 11.4 Å². The Hall–Kier alpha value is -1.50. The van der Waals surface area contributed by atoms with Crippen LogP contribution in [0.15, 0.2) is 24.3 Å². The first kappa shape index (κ1) is 12.0. The highest BCUT2D eigenvalue weighted by Crippen LogP contribution is 2.14. The number of hydrogen-bond acceptors (Lipinski definition) is 4. The van der Waals surface area contributed by atoms with Crippen LogP contribution >= 0.6 is 12.2 Å². The normalized spacial score (nSPS) is 10.7. The Morgan fingerprint density at radius 1 is 1.53 bits per heavy atom. The van der Waals surface area contributed by atoms with Crippen molar-refractivity contribution in [3.63, 3.8) is 0 Å². The van der Waals surface area contributed by atoms with E-state index in [9.17, 15) is 5.11 Å². The molecule has 6 heteroatoms. The first-order valence-electron chi connectivity index (χ1n) is 5.11. The number of hydrogen-bond donors (Lipinski definition) is 2. The third kappa shape index (κ3) is 2.44. The number of aliphatic hydroxyl groups is 1. The molecule has 0 fully saturated rings. The van der Waals surface area contributed by atoms with Crippen molar-refractivity contribution in [3.05, 3.63) is 40.4 Å². The topological polar surface area (TPSA) is 63.1 Å². The second kappa shape index (κ2) is 5.22. The molecule has 2 N–H and O–H groups in total. The van der Waals surface area contributed by atoms with Crippen molar-refractivity contribution in [2.24, 2.45) is 0 Å². The van der Waals surface area contributed by atoms with Gasteiger partial charge in [-0.25, -0.2) is 0 Å². The lowest BCUT2D eigenvalue weighted by Gasteiger charge is -2.07. The quantitative estimate of drug-likeness (QED) is 0.810. The molecule has 0 amide bonds. The number of aromatic nitrogens is 3. The Morgan fingerprint density at radius 2 is 2.35 bits per heavy atom. The van der Waals surface area contributed by atoms with Crippen LogP contribution in [0.5, 0.6) is 0 Å². The van der Waals surface area contributed by atoms with E-state index in [4.69, 9.17) is 17.0 Å². The van der Waals surface area contributed by atoms with Crippen molar-refractivity contribution in [2.75, 3.05) is 7.11 Å². The van der Waals surface area contributed by atoms with Crippen molar-refractivity contribution in [1.82, 2.24) is 14.8 Å². The van der Waals surface area contributed by atoms with Crippen LogP contribution in [0.4, 0.5) is 0 Å². The highest BCUT2D eigenvalue weighted by Gasteiger charge is 2.07. The van der Waals surface area contributed by atoms with Gasteiger partial charge in [0.25, 0.3) is 0 Å². The van der Waals surface area contributed by atoms with Gasteiger partial charge >= 0.3 is 0 Å². The summed E-state index contributed by atoms with van der Waals surface area (Å²) in [5.41, 5.74) is 1.90. The molecule has 0 atom stereocenters. The minimum atomic E-state index is -0.165. The van der Waals surface area contributed by atoms with Crippen LogP contribution in [0, 0.1) is 4.77 Å². The van der Waals surface area contributed by atoms with E-state index in [0.29, 0.717) is 17.2 Å². The molecule has 1 aromatic carbocycles. The summed E-state index contributed by atoms with van der Waals surface area (Å²) in [6, 6.07) is 7.74. The van der Waals surface area contributed by atoms with Crippen LogP contribution in [-0.4, -0.2) is 27.0 Å². The maximum absolute atomic E-state index is 9.19. The van der Waals surface area contributed by atoms with E-state index >= 15 is 0 Å². The van der Waals surface area contributed by atoms with Crippen LogP contribution in [-0.2, 0) is 18.0 Å². The molecule has 0 spiro atoms. The van der Waals surface area contributed by atoms with Crippen molar-refractivity contribution < 1.29 is 9.84 Å². The molecule has 0 radical (unpaired) electrons. The number of aliphatic hydroxyl groups excluding tert-OH is 1. The third-order valence-electron chi connectivity index (χ3n) is 2.36. The fourth-order valence-electron chi connectivity index (χ4n) is 1.65. The molecule has 90 valence electrons. The number of aromatic amines is 1. The number of H-pyrrole nitrogens is 1. The summed E-state index contributed by atoms with van der Waals surface area (Å²) in [6.45, 7) is 0.370. The highest BCUT2D eigenvalue weighted by molar-refractivity contribution is 7.71. The van der Waals surface area contributed by atoms with Gasteiger partial charge in [0.1, 0.15) is 6.61 Å². The van der Waals surface area contributed by atoms with E-state index in [0.717, 1.165) is 11.3 Å². The maximum atomic E-state index is 9.19. The Balaban J connectivity index is 2.48. The van der Waals surface area contributed by atoms with Crippen molar-refractivity contribution in [3.8, 4) is 5.69 Å². The van der Waals surface area contributed by atoms with Crippen molar-refractivity contribution in [2.45, 2.75) is 13.2 Å². The number of nitrogens with zero attached hydrogens (tertiary/aromatic N) is 2. The van der Waals surface area contributed by atoms with Gasteiger partial charge in [-0.05, 0) is 29.9 Å². The largest absolute Gasteiger partial charge is 0.388 e. The molecule has 0 saturated heterocycles. The Labute approximate surface area is 104 Å². The summed E-state index contributed by atoms with van der Waals surface area (Å²) >= 11 is 5.13. The summed E-state index contributed by atoms with van der Waals surface area (Å²) in [5, 5.41) is 15.8. The zero-order chi connectivity index (χ0) is 12.3. The minimum Gasteiger partial charge on any atom is -0.388 e. The smallest absolute Gasteiger partial charge is 0.199 e. The molecule has 0 aliphatic carbocycles. The van der Waals surface area contributed by atoms with E-state index in [1.54, 1.807) is 11.7 Å². The molecular weight excluding hydrogens is 238 g/mol. The summed E-state index contributed by atoms with van der Waals surface area (Å²) in [6.07, 6.45) is 0. The average molecular weight is 251 g/mol. The standard InChI is InChI=1S/C11H13N3O2S/c1-16-7-8-3-2-4-9(5-8)14-10(6-15)12-13-11(14)17/h2-5,15H,6-7H2,1H3,(H,13,17). The first-order valence-corrected chi connectivity index (χ1v) is 5.52. The van der Waals surface area contributed by atoms with Gasteiger partial charge in [-0.15, -0.1) is 0 Å². The van der Waals surface area contributed by atoms with Gasteiger partial charge in [-0.2, -0.15) is 5.10 Å². The molecule has 1 aromatic heterocycles. The van der Waals surface area contributed by atoms with E-state index in [1.807, 2.05) is 24.3 Å². The lowest BCUT2D eigenvalue weighted by molar-refractivity contribution is 0.185. The van der Waals surface area contributed by atoms with Gasteiger partial charge in [0.2, 0.25) is 0 Å². The summed E-state index contributed by atoms with van der Waals surface area (Å²) < 4.78 is 7.24. The second-order valence-corrected chi connectivity index (χ2v) is 3.93. The molecule has 2 aromatic rings. The van der Waals surface area contributed by atoms with Crippen LogP contribution in [0.25, 0.3) is 5.69 Å². The van der Waals surface area contributed by atoms with Gasteiger partial charge in [0.05, 0.1) is 12.3 Å². The second-order valence-electron chi connectivity index (χ2n) is 3.54. The number of ether oxygens (including phenoxy) is 1. The highest BCUT2D eigenvalue weighted by atomic mass is 32.1. The zero-order valence-electron chi connectivity index (χ0n) is 9.38. The number of methoxy groups -OCH3 is 1. The predicted octanol–water partition coefficient (Wildman–Crippen LogP) is 1.57. The SMILES string of the molecule is COCc1cccc(-n2c(CO)n[nH]c2=S)c1. The Kier molecular flexibility index (Phi) is 3.68. The molecule has 0 bridgehead atoms. The monoisotopic (exact) mass is 251 g/mol. The van der Waals surface area contributed by atoms with Gasteiger partial charge in [0, 0.05) is 7.11 Å². The van der Waals surface area contributed by atoms with E-state index in [1.165, 1.54) is 0 Å². The molecule has 17 heavy (non-hydrogen) atoms. The van der Waals surface area contributed by atoms with Gasteiger partial charge in [-0.3, -0.25) is 9.67 Å². The maximum Gasteiger partial charge on any atom is 0.199 e. The van der Waals surface area contributed by atoms with Crippen LogP contribution in [0.3, 0.4) is 0 Å². The molecule has 0 unspecified atom stereocenters. The minimum absolute atomic E-state index is 0.165. The first-order chi connectivity index (χ1) is 8.26. The summed E-state index contributed by atoms with van der Waals surface area (Å²) in [7, 11) is 1.65. The molecule has 5 nitrogen and oxygen atoms in total. The Bertz CT molecular complexity index is 562. The molecular formula is C11H13N3O2S. The molecule has 0 saturated carbocycles.